The van der Waals surface area contributed by atoms with Gasteiger partial charge in [0, 0.05) is 4.83 Å². The van der Waals surface area contributed by atoms with E-state index in [9.17, 15) is 0 Å². The predicted octanol–water partition coefficient (Wildman–Crippen LogP) is 5.05. The van der Waals surface area contributed by atoms with Crippen molar-refractivity contribution >= 4 is 15.9 Å². The minimum atomic E-state index is 0.357. The monoisotopic (exact) mass is 282 g/mol. The predicted molar refractivity (Wildman–Crippen MR) is 76.4 cm³/mol. The van der Waals surface area contributed by atoms with Crippen molar-refractivity contribution in [2.24, 2.45) is 5.41 Å². The number of hydrogen-bond donors (Lipinski definition) is 0. The van der Waals surface area contributed by atoms with Gasteiger partial charge in [0.1, 0.15) is 0 Å². The fourth-order valence-electron chi connectivity index (χ4n) is 1.71. The summed E-state index contributed by atoms with van der Waals surface area (Å²) in [5.41, 5.74) is 4.59. The maximum atomic E-state index is 3.86. The summed E-state index contributed by atoms with van der Waals surface area (Å²) in [5, 5.41) is 0. The zero-order valence-electron chi connectivity index (χ0n) is 11.1. The molecule has 1 unspecified atom stereocenters. The molecule has 0 spiro atoms. The molecule has 0 amide bonds. The first kappa shape index (κ1) is 13.8. The summed E-state index contributed by atoms with van der Waals surface area (Å²) < 4.78 is 0. The molecule has 1 rings (SSSR count). The Morgan fingerprint density at radius 3 is 2.44 bits per heavy atom. The number of hydrogen-bond acceptors (Lipinski definition) is 0. The van der Waals surface area contributed by atoms with Crippen molar-refractivity contribution in [1.29, 1.82) is 0 Å². The van der Waals surface area contributed by atoms with Crippen molar-refractivity contribution < 1.29 is 0 Å². The van der Waals surface area contributed by atoms with Gasteiger partial charge >= 0.3 is 0 Å². The van der Waals surface area contributed by atoms with Crippen molar-refractivity contribution in [2.45, 2.75) is 52.3 Å². The van der Waals surface area contributed by atoms with E-state index in [1.54, 1.807) is 0 Å². The molecule has 0 saturated carbocycles. The van der Waals surface area contributed by atoms with E-state index in [4.69, 9.17) is 0 Å². The third-order valence-electron chi connectivity index (χ3n) is 3.66. The summed E-state index contributed by atoms with van der Waals surface area (Å²) in [6.45, 7) is 11.3. The zero-order valence-corrected chi connectivity index (χ0v) is 12.7. The smallest absolute Gasteiger partial charge is 0.0237 e. The summed E-state index contributed by atoms with van der Waals surface area (Å²) in [5.74, 6) is 0. The highest BCUT2D eigenvalue weighted by Crippen LogP contribution is 2.33. The van der Waals surface area contributed by atoms with E-state index in [2.05, 4.69) is 68.7 Å². The molecule has 90 valence electrons. The lowest BCUT2D eigenvalue weighted by Crippen LogP contribution is -2.25. The van der Waals surface area contributed by atoms with Crippen molar-refractivity contribution in [3.63, 3.8) is 0 Å². The number of benzene rings is 1. The fraction of sp³-hybridized carbons (Fsp3) is 0.600. The summed E-state index contributed by atoms with van der Waals surface area (Å²) in [6.07, 6.45) is 2.32. The molecule has 16 heavy (non-hydrogen) atoms. The van der Waals surface area contributed by atoms with E-state index >= 15 is 0 Å². The minimum Gasteiger partial charge on any atom is -0.0881 e. The Labute approximate surface area is 109 Å². The molecule has 0 aromatic heterocycles. The summed E-state index contributed by atoms with van der Waals surface area (Å²) in [4.78, 5) is 0.547. The highest BCUT2D eigenvalue weighted by atomic mass is 79.9. The van der Waals surface area contributed by atoms with Crippen molar-refractivity contribution in [2.75, 3.05) is 0 Å². The SMILES string of the molecule is CCC(C)(C)C(Br)Cc1cc(C)ccc1C. The van der Waals surface area contributed by atoms with E-state index < -0.39 is 0 Å². The van der Waals surface area contributed by atoms with Crippen LogP contribution < -0.4 is 0 Å². The number of aryl methyl sites for hydroxylation is 2. The first-order valence-corrected chi connectivity index (χ1v) is 6.98. The Kier molecular flexibility index (Phi) is 4.61. The van der Waals surface area contributed by atoms with Crippen molar-refractivity contribution in [3.8, 4) is 0 Å². The van der Waals surface area contributed by atoms with Gasteiger partial charge < -0.3 is 0 Å². The normalized spacial score (nSPS) is 13.9. The first-order valence-electron chi connectivity index (χ1n) is 6.07. The lowest BCUT2D eigenvalue weighted by Gasteiger charge is -2.29. The third-order valence-corrected chi connectivity index (χ3v) is 5.23. The van der Waals surface area contributed by atoms with Gasteiger partial charge in [0.15, 0.2) is 0 Å². The molecule has 0 nitrogen and oxygen atoms in total. The average Bonchev–Trinajstić information content (AvgIpc) is 2.23. The fourth-order valence-corrected chi connectivity index (χ4v) is 2.38. The highest BCUT2D eigenvalue weighted by Gasteiger charge is 2.25. The van der Waals surface area contributed by atoms with Crippen LogP contribution in [0.5, 0.6) is 0 Å². The van der Waals surface area contributed by atoms with E-state index in [-0.39, 0.29) is 0 Å². The Balaban J connectivity index is 2.84. The lowest BCUT2D eigenvalue weighted by molar-refractivity contribution is 0.339. The molecule has 0 heterocycles. The maximum Gasteiger partial charge on any atom is 0.0237 e. The van der Waals surface area contributed by atoms with Gasteiger partial charge in [-0.1, -0.05) is 60.5 Å². The van der Waals surface area contributed by atoms with Gasteiger partial charge in [0.2, 0.25) is 0 Å². The molecule has 0 fully saturated rings. The van der Waals surface area contributed by atoms with Crippen LogP contribution in [0.25, 0.3) is 0 Å². The molecule has 0 saturated heterocycles. The van der Waals surface area contributed by atoms with Crippen LogP contribution in [0, 0.1) is 19.3 Å². The van der Waals surface area contributed by atoms with E-state index in [0.29, 0.717) is 10.2 Å². The molecule has 0 aliphatic heterocycles. The minimum absolute atomic E-state index is 0.357. The van der Waals surface area contributed by atoms with Gasteiger partial charge in [0.05, 0.1) is 0 Å². The molecule has 1 aromatic rings. The van der Waals surface area contributed by atoms with Crippen LogP contribution in [0.15, 0.2) is 18.2 Å². The molecular weight excluding hydrogens is 260 g/mol. The largest absolute Gasteiger partial charge is 0.0881 e. The molecule has 0 aliphatic carbocycles. The van der Waals surface area contributed by atoms with Crippen molar-refractivity contribution in [3.05, 3.63) is 34.9 Å². The number of halogens is 1. The van der Waals surface area contributed by atoms with E-state index in [1.807, 2.05) is 0 Å². The molecular formula is C15H23Br. The molecule has 1 atom stereocenters. The van der Waals surface area contributed by atoms with Crippen molar-refractivity contribution in [1.82, 2.24) is 0 Å². The topological polar surface area (TPSA) is 0 Å². The Morgan fingerprint density at radius 2 is 1.88 bits per heavy atom. The molecule has 0 bridgehead atoms. The number of rotatable bonds is 4. The van der Waals surface area contributed by atoms with Gasteiger partial charge in [-0.3, -0.25) is 0 Å². The van der Waals surface area contributed by atoms with Crippen LogP contribution in [0.3, 0.4) is 0 Å². The van der Waals surface area contributed by atoms with Gasteiger partial charge in [-0.15, -0.1) is 0 Å². The summed E-state index contributed by atoms with van der Waals surface area (Å²) in [7, 11) is 0. The second-order valence-electron chi connectivity index (χ2n) is 5.44. The zero-order chi connectivity index (χ0) is 12.3. The third kappa shape index (κ3) is 3.35. The van der Waals surface area contributed by atoms with Crippen LogP contribution in [0.4, 0.5) is 0 Å². The lowest BCUT2D eigenvalue weighted by atomic mass is 9.83. The van der Waals surface area contributed by atoms with Crippen LogP contribution in [0.2, 0.25) is 0 Å². The Morgan fingerprint density at radius 1 is 1.25 bits per heavy atom. The highest BCUT2D eigenvalue weighted by molar-refractivity contribution is 9.09. The van der Waals surface area contributed by atoms with Crippen LogP contribution >= 0.6 is 15.9 Å². The molecule has 1 heteroatoms. The van der Waals surface area contributed by atoms with Gasteiger partial charge in [-0.25, -0.2) is 0 Å². The first-order chi connectivity index (χ1) is 7.36. The van der Waals surface area contributed by atoms with Crippen LogP contribution in [-0.4, -0.2) is 4.83 Å². The molecule has 1 aromatic carbocycles. The Bertz CT molecular complexity index is 352. The second kappa shape index (κ2) is 5.35. The van der Waals surface area contributed by atoms with Gasteiger partial charge in [0.25, 0.3) is 0 Å². The maximum absolute atomic E-state index is 3.86. The molecule has 0 aliphatic rings. The standard InChI is InChI=1S/C15H23Br/c1-6-15(4,5)14(16)10-13-9-11(2)7-8-12(13)3/h7-9,14H,6,10H2,1-5H3. The molecule has 0 radical (unpaired) electrons. The van der Waals surface area contributed by atoms with E-state index in [0.717, 1.165) is 6.42 Å². The average molecular weight is 283 g/mol. The second-order valence-corrected chi connectivity index (χ2v) is 6.55. The quantitative estimate of drug-likeness (QED) is 0.679. The van der Waals surface area contributed by atoms with Crippen LogP contribution in [-0.2, 0) is 6.42 Å². The summed E-state index contributed by atoms with van der Waals surface area (Å²) >= 11 is 3.86. The van der Waals surface area contributed by atoms with Gasteiger partial charge in [-0.2, -0.15) is 0 Å². The number of alkyl halides is 1. The van der Waals surface area contributed by atoms with Gasteiger partial charge in [-0.05, 0) is 43.2 Å². The summed E-state index contributed by atoms with van der Waals surface area (Å²) in [6, 6.07) is 6.73. The van der Waals surface area contributed by atoms with E-state index in [1.165, 1.54) is 23.1 Å². The molecule has 0 N–H and O–H groups in total. The van der Waals surface area contributed by atoms with Crippen LogP contribution in [0.1, 0.15) is 43.9 Å². The Hall–Kier alpha value is -0.300.